The molecule has 2 aromatic rings. The van der Waals surface area contributed by atoms with Crippen LogP contribution in [0.5, 0.6) is 11.5 Å². The van der Waals surface area contributed by atoms with Gasteiger partial charge in [0.05, 0.1) is 13.2 Å². The van der Waals surface area contributed by atoms with Gasteiger partial charge in [-0.15, -0.1) is 0 Å². The van der Waals surface area contributed by atoms with E-state index in [9.17, 15) is 0 Å². The van der Waals surface area contributed by atoms with Crippen LogP contribution < -0.4 is 14.8 Å². The third kappa shape index (κ3) is 4.34. The summed E-state index contributed by atoms with van der Waals surface area (Å²) in [6.07, 6.45) is 12.3. The van der Waals surface area contributed by atoms with Gasteiger partial charge in [0.2, 0.25) is 0 Å². The topological polar surface area (TPSA) is 43.4 Å². The fourth-order valence-corrected chi connectivity index (χ4v) is 6.60. The molecule has 4 bridgehead atoms. The minimum absolute atomic E-state index is 0.419. The number of nitrogens with zero attached hydrogens (tertiary/aromatic N) is 1. The van der Waals surface area contributed by atoms with Gasteiger partial charge in [-0.1, -0.05) is 12.1 Å². The molecule has 4 nitrogen and oxygen atoms in total. The lowest BCUT2D eigenvalue weighted by molar-refractivity contribution is -0.0748. The van der Waals surface area contributed by atoms with Gasteiger partial charge in [0.25, 0.3) is 0 Å². The van der Waals surface area contributed by atoms with Crippen molar-refractivity contribution in [3.05, 3.63) is 53.9 Å². The molecule has 6 rings (SSSR count). The number of nitrogens with one attached hydrogen (secondary N) is 1. The van der Waals surface area contributed by atoms with Gasteiger partial charge in [-0.05, 0) is 92.5 Å². The Labute approximate surface area is 180 Å². The Bertz CT molecular complexity index is 816. The first-order valence-corrected chi connectivity index (χ1v) is 11.7. The van der Waals surface area contributed by atoms with Crippen molar-refractivity contribution >= 4 is 0 Å². The highest BCUT2D eigenvalue weighted by atomic mass is 16.5. The molecule has 4 saturated carbocycles. The Morgan fingerprint density at radius 3 is 2.33 bits per heavy atom. The van der Waals surface area contributed by atoms with Crippen LogP contribution in [0, 0.1) is 23.2 Å². The monoisotopic (exact) mass is 406 g/mol. The summed E-state index contributed by atoms with van der Waals surface area (Å²) in [6.45, 7) is 5.15. The number of hydrogen-bond donors (Lipinski definition) is 1. The molecule has 4 aliphatic rings. The summed E-state index contributed by atoms with van der Waals surface area (Å²) in [4.78, 5) is 4.17. The first-order chi connectivity index (χ1) is 14.7. The van der Waals surface area contributed by atoms with Gasteiger partial charge in [0.15, 0.2) is 11.5 Å². The van der Waals surface area contributed by atoms with Crippen LogP contribution in [0.4, 0.5) is 0 Å². The molecule has 4 fully saturated rings. The molecular weight excluding hydrogens is 372 g/mol. The summed E-state index contributed by atoms with van der Waals surface area (Å²) in [6, 6.07) is 10.5. The zero-order chi connectivity index (χ0) is 20.4. The molecule has 1 N–H and O–H groups in total. The molecule has 160 valence electrons. The van der Waals surface area contributed by atoms with E-state index in [4.69, 9.17) is 9.47 Å². The maximum atomic E-state index is 6.45. The van der Waals surface area contributed by atoms with Crippen molar-refractivity contribution in [1.29, 1.82) is 0 Å². The van der Waals surface area contributed by atoms with Crippen LogP contribution in [-0.2, 0) is 13.1 Å². The average Bonchev–Trinajstić information content (AvgIpc) is 2.73. The van der Waals surface area contributed by atoms with Gasteiger partial charge in [-0.2, -0.15) is 0 Å². The lowest BCUT2D eigenvalue weighted by Gasteiger charge is -2.56. The highest BCUT2D eigenvalue weighted by molar-refractivity contribution is 5.43. The molecule has 0 radical (unpaired) electrons. The van der Waals surface area contributed by atoms with Crippen LogP contribution in [-0.4, -0.2) is 18.2 Å². The van der Waals surface area contributed by atoms with Crippen LogP contribution in [0.3, 0.4) is 0 Å². The van der Waals surface area contributed by atoms with Crippen molar-refractivity contribution in [3.63, 3.8) is 0 Å². The van der Waals surface area contributed by atoms with Crippen molar-refractivity contribution in [1.82, 2.24) is 10.3 Å². The Kier molecular flexibility index (Phi) is 5.68. The first kappa shape index (κ1) is 19.9. The second kappa shape index (κ2) is 8.58. The van der Waals surface area contributed by atoms with Gasteiger partial charge in [-0.3, -0.25) is 4.98 Å². The summed E-state index contributed by atoms with van der Waals surface area (Å²) in [7, 11) is 0. The van der Waals surface area contributed by atoms with Gasteiger partial charge in [-0.25, -0.2) is 0 Å². The van der Waals surface area contributed by atoms with Crippen molar-refractivity contribution in [2.45, 2.75) is 58.5 Å². The van der Waals surface area contributed by atoms with E-state index < -0.39 is 0 Å². The molecule has 0 saturated heterocycles. The van der Waals surface area contributed by atoms with E-state index in [1.807, 2.05) is 19.2 Å². The smallest absolute Gasteiger partial charge is 0.161 e. The Hall–Kier alpha value is -2.07. The molecular formula is C26H34N2O2. The highest BCUT2D eigenvalue weighted by Crippen LogP contribution is 2.60. The SMILES string of the molecule is CCOc1cc(CNCc2cccnc2)ccc1OCC12CC3CC(CC(C3)C1)C2. The molecule has 1 heterocycles. The summed E-state index contributed by atoms with van der Waals surface area (Å²) < 4.78 is 12.4. The second-order valence-corrected chi connectivity index (χ2v) is 9.89. The Balaban J connectivity index is 1.21. The molecule has 4 heteroatoms. The number of ether oxygens (including phenoxy) is 2. The van der Waals surface area contributed by atoms with Crippen molar-refractivity contribution in [2.24, 2.45) is 23.2 Å². The number of rotatable bonds is 9. The van der Waals surface area contributed by atoms with Gasteiger partial charge >= 0.3 is 0 Å². The normalized spacial score (nSPS) is 29.2. The molecule has 1 aromatic heterocycles. The summed E-state index contributed by atoms with van der Waals surface area (Å²) in [5.74, 6) is 4.66. The van der Waals surface area contributed by atoms with E-state index in [-0.39, 0.29) is 0 Å². The van der Waals surface area contributed by atoms with Crippen molar-refractivity contribution < 1.29 is 9.47 Å². The Morgan fingerprint density at radius 2 is 1.67 bits per heavy atom. The van der Waals surface area contributed by atoms with Crippen LogP contribution >= 0.6 is 0 Å². The lowest BCUT2D eigenvalue weighted by atomic mass is 9.50. The zero-order valence-corrected chi connectivity index (χ0v) is 18.1. The third-order valence-electron chi connectivity index (χ3n) is 7.39. The van der Waals surface area contributed by atoms with E-state index in [0.29, 0.717) is 12.0 Å². The molecule has 0 spiro atoms. The molecule has 30 heavy (non-hydrogen) atoms. The fourth-order valence-electron chi connectivity index (χ4n) is 6.60. The van der Waals surface area contributed by atoms with E-state index >= 15 is 0 Å². The van der Waals surface area contributed by atoms with E-state index in [1.165, 1.54) is 49.7 Å². The number of hydrogen-bond acceptors (Lipinski definition) is 4. The molecule has 0 aliphatic heterocycles. The van der Waals surface area contributed by atoms with Gasteiger partial charge in [0.1, 0.15) is 0 Å². The van der Waals surface area contributed by atoms with Crippen molar-refractivity contribution in [2.75, 3.05) is 13.2 Å². The van der Waals surface area contributed by atoms with Crippen LogP contribution in [0.2, 0.25) is 0 Å². The van der Waals surface area contributed by atoms with Crippen LogP contribution in [0.1, 0.15) is 56.6 Å². The van der Waals surface area contributed by atoms with E-state index in [2.05, 4.69) is 34.6 Å². The van der Waals surface area contributed by atoms with Crippen LogP contribution in [0.15, 0.2) is 42.7 Å². The number of pyridine rings is 1. The summed E-state index contributed by atoms with van der Waals surface area (Å²) in [5, 5.41) is 3.49. The minimum atomic E-state index is 0.419. The first-order valence-electron chi connectivity index (χ1n) is 11.7. The molecule has 0 atom stereocenters. The quantitative estimate of drug-likeness (QED) is 0.608. The minimum Gasteiger partial charge on any atom is -0.490 e. The second-order valence-electron chi connectivity index (χ2n) is 9.89. The van der Waals surface area contributed by atoms with Crippen molar-refractivity contribution in [3.8, 4) is 11.5 Å². The lowest BCUT2D eigenvalue weighted by Crippen LogP contribution is -2.48. The Morgan fingerprint density at radius 1 is 0.933 bits per heavy atom. The van der Waals surface area contributed by atoms with E-state index in [0.717, 1.165) is 48.9 Å². The largest absolute Gasteiger partial charge is 0.490 e. The zero-order valence-electron chi connectivity index (χ0n) is 18.1. The number of benzene rings is 1. The van der Waals surface area contributed by atoms with Gasteiger partial charge in [0, 0.05) is 30.9 Å². The summed E-state index contributed by atoms with van der Waals surface area (Å²) in [5.41, 5.74) is 2.82. The fraction of sp³-hybridized carbons (Fsp3) is 0.577. The standard InChI is InChI=1S/C26H34N2O2/c1-2-29-25-11-19(15-28-17-20-4-3-7-27-16-20)5-6-24(25)30-18-26-12-21-8-22(13-26)10-23(9-21)14-26/h3-7,11,16,21-23,28H,2,8-10,12-15,17-18H2,1H3. The van der Waals surface area contributed by atoms with Gasteiger partial charge < -0.3 is 14.8 Å². The average molecular weight is 407 g/mol. The third-order valence-corrected chi connectivity index (χ3v) is 7.39. The number of aromatic nitrogens is 1. The highest BCUT2D eigenvalue weighted by Gasteiger charge is 2.51. The molecule has 0 unspecified atom stereocenters. The molecule has 1 aromatic carbocycles. The van der Waals surface area contributed by atoms with Crippen LogP contribution in [0.25, 0.3) is 0 Å². The maximum absolute atomic E-state index is 6.45. The van der Waals surface area contributed by atoms with E-state index in [1.54, 1.807) is 6.20 Å². The maximum Gasteiger partial charge on any atom is 0.161 e. The predicted octanol–water partition coefficient (Wildman–Crippen LogP) is 5.37. The molecule has 0 amide bonds. The predicted molar refractivity (Wildman–Crippen MR) is 118 cm³/mol. The molecule has 4 aliphatic carbocycles. The summed E-state index contributed by atoms with van der Waals surface area (Å²) >= 11 is 0.